The zero-order valence-corrected chi connectivity index (χ0v) is 10.4. The molecule has 1 aromatic rings. The first-order valence-corrected chi connectivity index (χ1v) is 6.29. The van der Waals surface area contributed by atoms with Crippen LogP contribution in [0.5, 0.6) is 0 Å². The fraction of sp³-hybridized carbons (Fsp3) is 0.500. The minimum absolute atomic E-state index is 0.246. The van der Waals surface area contributed by atoms with Gasteiger partial charge in [-0.2, -0.15) is 0 Å². The lowest BCUT2D eigenvalue weighted by molar-refractivity contribution is 0.0696. The molecule has 0 aliphatic heterocycles. The second-order valence-corrected chi connectivity index (χ2v) is 5.08. The summed E-state index contributed by atoms with van der Waals surface area (Å²) in [7, 11) is 0. The number of hydrogen-bond donors (Lipinski definition) is 3. The van der Waals surface area contributed by atoms with Gasteiger partial charge in [0.15, 0.2) is 0 Å². The molecule has 2 rings (SSSR count). The summed E-state index contributed by atoms with van der Waals surface area (Å²) in [4.78, 5) is 10.8. The normalized spacial score (nSPS) is 16.5. The number of carboxylic acids is 1. The van der Waals surface area contributed by atoms with Crippen LogP contribution in [0.3, 0.4) is 0 Å². The van der Waals surface area contributed by atoms with E-state index in [4.69, 9.17) is 10.2 Å². The number of aromatic carboxylic acids is 1. The lowest BCUT2D eigenvalue weighted by Gasteiger charge is -2.14. The first kappa shape index (κ1) is 13.1. The van der Waals surface area contributed by atoms with Crippen molar-refractivity contribution in [3.63, 3.8) is 0 Å². The van der Waals surface area contributed by atoms with Gasteiger partial charge in [-0.05, 0) is 42.4 Å². The Balaban J connectivity index is 1.83. The third kappa shape index (κ3) is 3.31. The quantitative estimate of drug-likeness (QED) is 0.687. The molecule has 4 heteroatoms. The van der Waals surface area contributed by atoms with Crippen LogP contribution in [0.25, 0.3) is 0 Å². The molecule has 0 aromatic heterocycles. The zero-order valence-electron chi connectivity index (χ0n) is 10.4. The molecule has 18 heavy (non-hydrogen) atoms. The monoisotopic (exact) mass is 249 g/mol. The van der Waals surface area contributed by atoms with Gasteiger partial charge in [0.05, 0.1) is 5.56 Å². The molecule has 1 saturated carbocycles. The first-order chi connectivity index (χ1) is 8.65. The Morgan fingerprint density at radius 2 is 2.17 bits per heavy atom. The van der Waals surface area contributed by atoms with Gasteiger partial charge in [0.1, 0.15) is 0 Å². The van der Waals surface area contributed by atoms with Crippen molar-refractivity contribution in [2.24, 2.45) is 5.41 Å². The molecule has 0 unspecified atom stereocenters. The van der Waals surface area contributed by atoms with Crippen molar-refractivity contribution in [1.82, 2.24) is 5.32 Å². The molecule has 98 valence electrons. The summed E-state index contributed by atoms with van der Waals surface area (Å²) in [5, 5.41) is 21.2. The van der Waals surface area contributed by atoms with E-state index in [1.807, 2.05) is 6.07 Å². The van der Waals surface area contributed by atoms with E-state index in [-0.39, 0.29) is 6.61 Å². The van der Waals surface area contributed by atoms with Gasteiger partial charge in [0, 0.05) is 19.7 Å². The van der Waals surface area contributed by atoms with Crippen LogP contribution in [0.1, 0.15) is 35.2 Å². The predicted octanol–water partition coefficient (Wildman–Crippen LogP) is 1.64. The smallest absolute Gasteiger partial charge is 0.335 e. The summed E-state index contributed by atoms with van der Waals surface area (Å²) >= 11 is 0. The maximum atomic E-state index is 10.8. The molecule has 1 aliphatic rings. The van der Waals surface area contributed by atoms with E-state index in [1.54, 1.807) is 18.2 Å². The van der Waals surface area contributed by atoms with Crippen LogP contribution in [-0.4, -0.2) is 29.3 Å². The minimum atomic E-state index is -0.893. The van der Waals surface area contributed by atoms with Gasteiger partial charge in [-0.3, -0.25) is 0 Å². The molecule has 0 heterocycles. The molecule has 1 fully saturated rings. The fourth-order valence-corrected chi connectivity index (χ4v) is 2.22. The van der Waals surface area contributed by atoms with Crippen molar-refractivity contribution in [2.75, 3.05) is 13.2 Å². The number of aliphatic hydroxyl groups is 1. The Morgan fingerprint density at radius 3 is 2.78 bits per heavy atom. The van der Waals surface area contributed by atoms with E-state index in [0.29, 0.717) is 17.5 Å². The van der Waals surface area contributed by atoms with Gasteiger partial charge in [0.2, 0.25) is 0 Å². The first-order valence-electron chi connectivity index (χ1n) is 6.29. The van der Waals surface area contributed by atoms with Crippen LogP contribution in [-0.2, 0) is 6.54 Å². The second-order valence-electron chi connectivity index (χ2n) is 5.08. The Labute approximate surface area is 107 Å². The molecule has 0 saturated heterocycles. The van der Waals surface area contributed by atoms with Crippen molar-refractivity contribution < 1.29 is 15.0 Å². The fourth-order valence-electron chi connectivity index (χ4n) is 2.22. The van der Waals surface area contributed by atoms with Crippen molar-refractivity contribution in [2.45, 2.75) is 25.8 Å². The Kier molecular flexibility index (Phi) is 3.99. The number of aliphatic hydroxyl groups excluding tert-OH is 1. The largest absolute Gasteiger partial charge is 0.478 e. The SMILES string of the molecule is O=C(O)c1cccc(CNCC2(CCO)CC2)c1. The van der Waals surface area contributed by atoms with Crippen molar-refractivity contribution in [3.8, 4) is 0 Å². The average Bonchev–Trinajstić information content (AvgIpc) is 3.10. The number of hydrogen-bond acceptors (Lipinski definition) is 3. The maximum absolute atomic E-state index is 10.8. The van der Waals surface area contributed by atoms with Gasteiger partial charge in [0.25, 0.3) is 0 Å². The number of rotatable bonds is 7. The predicted molar refractivity (Wildman–Crippen MR) is 68.5 cm³/mol. The summed E-state index contributed by atoms with van der Waals surface area (Å²) in [6.07, 6.45) is 3.21. The topological polar surface area (TPSA) is 69.6 Å². The third-order valence-electron chi connectivity index (χ3n) is 3.60. The van der Waals surface area contributed by atoms with Crippen LogP contribution in [0.15, 0.2) is 24.3 Å². The molecule has 4 nitrogen and oxygen atoms in total. The number of carbonyl (C=O) groups is 1. The van der Waals surface area contributed by atoms with E-state index in [9.17, 15) is 4.79 Å². The molecular formula is C14H19NO3. The summed E-state index contributed by atoms with van der Waals surface area (Å²) in [5.41, 5.74) is 1.60. The molecule has 0 amide bonds. The Hall–Kier alpha value is -1.39. The Morgan fingerprint density at radius 1 is 1.39 bits per heavy atom. The lowest BCUT2D eigenvalue weighted by Crippen LogP contribution is -2.24. The molecule has 1 aromatic carbocycles. The number of nitrogens with one attached hydrogen (secondary N) is 1. The van der Waals surface area contributed by atoms with Gasteiger partial charge in [-0.25, -0.2) is 4.79 Å². The Bertz CT molecular complexity index is 427. The zero-order chi connectivity index (χ0) is 13.0. The van der Waals surface area contributed by atoms with Crippen molar-refractivity contribution in [3.05, 3.63) is 35.4 Å². The summed E-state index contributed by atoms with van der Waals surface area (Å²) < 4.78 is 0. The molecule has 0 spiro atoms. The molecular weight excluding hydrogens is 230 g/mol. The van der Waals surface area contributed by atoms with E-state index in [1.165, 1.54) is 12.8 Å². The van der Waals surface area contributed by atoms with E-state index in [2.05, 4.69) is 5.32 Å². The van der Waals surface area contributed by atoms with Crippen LogP contribution in [0, 0.1) is 5.41 Å². The summed E-state index contributed by atoms with van der Waals surface area (Å²) in [6.45, 7) is 1.81. The van der Waals surface area contributed by atoms with E-state index < -0.39 is 5.97 Å². The van der Waals surface area contributed by atoms with Crippen LogP contribution < -0.4 is 5.32 Å². The highest BCUT2D eigenvalue weighted by molar-refractivity contribution is 5.87. The third-order valence-corrected chi connectivity index (χ3v) is 3.60. The highest BCUT2D eigenvalue weighted by Crippen LogP contribution is 2.47. The molecule has 3 N–H and O–H groups in total. The van der Waals surface area contributed by atoms with Crippen LogP contribution >= 0.6 is 0 Å². The highest BCUT2D eigenvalue weighted by atomic mass is 16.4. The van der Waals surface area contributed by atoms with Crippen LogP contribution in [0.4, 0.5) is 0 Å². The molecule has 0 atom stereocenters. The second kappa shape index (κ2) is 5.50. The number of carboxylic acid groups (broad SMARTS) is 1. The highest BCUT2D eigenvalue weighted by Gasteiger charge is 2.41. The van der Waals surface area contributed by atoms with Gasteiger partial charge in [-0.1, -0.05) is 12.1 Å². The van der Waals surface area contributed by atoms with Crippen molar-refractivity contribution >= 4 is 5.97 Å². The maximum Gasteiger partial charge on any atom is 0.335 e. The van der Waals surface area contributed by atoms with Gasteiger partial charge < -0.3 is 15.5 Å². The summed E-state index contributed by atoms with van der Waals surface area (Å²) in [5.74, 6) is -0.893. The standard InChI is InChI=1S/C14H19NO3/c16-7-6-14(4-5-14)10-15-9-11-2-1-3-12(8-11)13(17)18/h1-3,8,15-16H,4-7,9-10H2,(H,17,18). The summed E-state index contributed by atoms with van der Waals surface area (Å²) in [6, 6.07) is 6.98. The van der Waals surface area contributed by atoms with E-state index in [0.717, 1.165) is 18.5 Å². The molecule has 0 radical (unpaired) electrons. The van der Waals surface area contributed by atoms with E-state index >= 15 is 0 Å². The lowest BCUT2D eigenvalue weighted by atomic mass is 10.0. The number of benzene rings is 1. The van der Waals surface area contributed by atoms with Crippen LogP contribution in [0.2, 0.25) is 0 Å². The molecule has 0 bridgehead atoms. The van der Waals surface area contributed by atoms with Gasteiger partial charge in [-0.15, -0.1) is 0 Å². The van der Waals surface area contributed by atoms with Crippen molar-refractivity contribution in [1.29, 1.82) is 0 Å². The molecule has 1 aliphatic carbocycles. The average molecular weight is 249 g/mol. The van der Waals surface area contributed by atoms with Gasteiger partial charge >= 0.3 is 5.97 Å². The minimum Gasteiger partial charge on any atom is -0.478 e.